The minimum absolute atomic E-state index is 0.0534. The molecule has 8 heteroatoms. The first-order chi connectivity index (χ1) is 12.1. The fraction of sp³-hybridized carbons (Fsp3) is 0.588. The summed E-state index contributed by atoms with van der Waals surface area (Å²) in [4.78, 5) is 36.9. The van der Waals surface area contributed by atoms with Crippen LogP contribution in [0.5, 0.6) is 0 Å². The van der Waals surface area contributed by atoms with Crippen molar-refractivity contribution in [2.24, 2.45) is 5.92 Å². The highest BCUT2D eigenvalue weighted by molar-refractivity contribution is 8.18. The first-order valence-electron chi connectivity index (χ1n) is 8.61. The number of nitrogens with one attached hydrogen (secondary N) is 1. The van der Waals surface area contributed by atoms with Crippen molar-refractivity contribution in [1.82, 2.24) is 10.4 Å². The summed E-state index contributed by atoms with van der Waals surface area (Å²) in [6, 6.07) is 0. The van der Waals surface area contributed by atoms with Crippen LogP contribution in [0.15, 0.2) is 23.1 Å². The topological polar surface area (TPSA) is 95.9 Å². The monoisotopic (exact) mass is 366 g/mol. The smallest absolute Gasteiger partial charge is 0.312 e. The SMILES string of the molecule is O=C(NN1C(=O)S/C(=C/C=C/C2CCCO2)C1=O)C1CCCCC1O. The molecule has 1 saturated carbocycles. The lowest BCUT2D eigenvalue weighted by molar-refractivity contribution is -0.139. The predicted octanol–water partition coefficient (Wildman–Crippen LogP) is 1.88. The summed E-state index contributed by atoms with van der Waals surface area (Å²) in [6.07, 6.45) is 9.28. The van der Waals surface area contributed by atoms with E-state index in [9.17, 15) is 19.5 Å². The van der Waals surface area contributed by atoms with Crippen molar-refractivity contribution in [3.05, 3.63) is 23.1 Å². The molecule has 3 unspecified atom stereocenters. The van der Waals surface area contributed by atoms with Crippen molar-refractivity contribution in [3.8, 4) is 0 Å². The van der Waals surface area contributed by atoms with Gasteiger partial charge in [0.2, 0.25) is 5.91 Å². The van der Waals surface area contributed by atoms with Gasteiger partial charge in [-0.05, 0) is 43.5 Å². The Morgan fingerprint density at radius 2 is 2.04 bits per heavy atom. The summed E-state index contributed by atoms with van der Waals surface area (Å²) in [6.45, 7) is 0.741. The van der Waals surface area contributed by atoms with Gasteiger partial charge < -0.3 is 9.84 Å². The summed E-state index contributed by atoms with van der Waals surface area (Å²) >= 11 is 0.783. The van der Waals surface area contributed by atoms with Crippen LogP contribution in [0.3, 0.4) is 0 Å². The number of allylic oxidation sites excluding steroid dienone is 2. The molecular formula is C17H22N2O5S. The Morgan fingerprint density at radius 3 is 2.76 bits per heavy atom. The average Bonchev–Trinajstić information content (AvgIpc) is 3.19. The minimum atomic E-state index is -0.724. The molecule has 2 aliphatic heterocycles. The van der Waals surface area contributed by atoms with E-state index in [4.69, 9.17) is 4.74 Å². The molecule has 7 nitrogen and oxygen atoms in total. The molecule has 2 heterocycles. The number of imide groups is 1. The van der Waals surface area contributed by atoms with Gasteiger partial charge in [-0.25, -0.2) is 0 Å². The lowest BCUT2D eigenvalue weighted by Gasteiger charge is -2.27. The molecule has 2 N–H and O–H groups in total. The highest BCUT2D eigenvalue weighted by Crippen LogP contribution is 2.30. The zero-order valence-electron chi connectivity index (χ0n) is 13.8. The number of hydrazine groups is 1. The lowest BCUT2D eigenvalue weighted by atomic mass is 9.86. The van der Waals surface area contributed by atoms with E-state index < -0.39 is 29.1 Å². The van der Waals surface area contributed by atoms with E-state index in [0.29, 0.717) is 12.8 Å². The molecule has 3 amide bonds. The van der Waals surface area contributed by atoms with Gasteiger partial charge in [-0.3, -0.25) is 19.8 Å². The fourth-order valence-corrected chi connectivity index (χ4v) is 3.94. The summed E-state index contributed by atoms with van der Waals surface area (Å²) in [5.41, 5.74) is 2.36. The van der Waals surface area contributed by atoms with E-state index in [-0.39, 0.29) is 11.0 Å². The van der Waals surface area contributed by atoms with Crippen molar-refractivity contribution < 1.29 is 24.2 Å². The molecule has 25 heavy (non-hydrogen) atoms. The Morgan fingerprint density at radius 1 is 1.24 bits per heavy atom. The Bertz CT molecular complexity index is 612. The molecule has 2 saturated heterocycles. The van der Waals surface area contributed by atoms with Crippen molar-refractivity contribution in [1.29, 1.82) is 0 Å². The van der Waals surface area contributed by atoms with Gasteiger partial charge in [0.15, 0.2) is 0 Å². The van der Waals surface area contributed by atoms with Crippen LogP contribution in [0.2, 0.25) is 0 Å². The van der Waals surface area contributed by atoms with E-state index in [1.165, 1.54) is 0 Å². The van der Waals surface area contributed by atoms with Gasteiger partial charge in [0.25, 0.3) is 5.91 Å². The minimum Gasteiger partial charge on any atom is -0.392 e. The van der Waals surface area contributed by atoms with Crippen molar-refractivity contribution in [2.75, 3.05) is 6.61 Å². The van der Waals surface area contributed by atoms with E-state index in [1.54, 1.807) is 12.2 Å². The van der Waals surface area contributed by atoms with Crippen molar-refractivity contribution in [3.63, 3.8) is 0 Å². The highest BCUT2D eigenvalue weighted by Gasteiger charge is 2.39. The molecule has 3 fully saturated rings. The summed E-state index contributed by atoms with van der Waals surface area (Å²) in [5.74, 6) is -1.61. The maximum Gasteiger partial charge on any atom is 0.312 e. The highest BCUT2D eigenvalue weighted by atomic mass is 32.2. The zero-order chi connectivity index (χ0) is 17.8. The van der Waals surface area contributed by atoms with Crippen LogP contribution in [0.1, 0.15) is 38.5 Å². The predicted molar refractivity (Wildman–Crippen MR) is 92.1 cm³/mol. The van der Waals surface area contributed by atoms with E-state index in [1.807, 2.05) is 6.08 Å². The molecule has 0 aromatic rings. The van der Waals surface area contributed by atoms with Gasteiger partial charge in [0.05, 0.1) is 23.0 Å². The second-order valence-electron chi connectivity index (χ2n) is 6.41. The van der Waals surface area contributed by atoms with Crippen molar-refractivity contribution in [2.45, 2.75) is 50.7 Å². The molecule has 0 bridgehead atoms. The Labute approximate surface area is 150 Å². The number of hydrogen-bond donors (Lipinski definition) is 2. The molecule has 0 aromatic heterocycles. The molecule has 3 rings (SSSR count). The quantitative estimate of drug-likeness (QED) is 0.738. The summed E-state index contributed by atoms with van der Waals surface area (Å²) in [5, 5.41) is 10.1. The van der Waals surface area contributed by atoms with E-state index >= 15 is 0 Å². The number of carbonyl (C=O) groups excluding carboxylic acids is 3. The summed E-state index contributed by atoms with van der Waals surface area (Å²) < 4.78 is 5.45. The molecule has 3 aliphatic rings. The Balaban J connectivity index is 1.59. The molecule has 0 spiro atoms. The van der Waals surface area contributed by atoms with Crippen LogP contribution < -0.4 is 5.43 Å². The van der Waals surface area contributed by atoms with Crippen LogP contribution in [-0.2, 0) is 14.3 Å². The maximum atomic E-state index is 12.3. The fourth-order valence-electron chi connectivity index (χ4n) is 3.21. The van der Waals surface area contributed by atoms with Gasteiger partial charge in [-0.1, -0.05) is 25.0 Å². The van der Waals surface area contributed by atoms with E-state index in [0.717, 1.165) is 49.1 Å². The van der Waals surface area contributed by atoms with Crippen LogP contribution in [0, 0.1) is 5.92 Å². The second kappa shape index (κ2) is 8.16. The van der Waals surface area contributed by atoms with Gasteiger partial charge >= 0.3 is 5.24 Å². The third-order valence-corrected chi connectivity index (χ3v) is 5.51. The molecule has 0 aromatic carbocycles. The number of carbonyl (C=O) groups is 3. The lowest BCUT2D eigenvalue weighted by Crippen LogP contribution is -2.50. The number of rotatable bonds is 4. The number of aliphatic hydroxyl groups excluding tert-OH is 1. The van der Waals surface area contributed by atoms with Gasteiger partial charge in [0, 0.05) is 6.61 Å². The van der Waals surface area contributed by atoms with Crippen LogP contribution in [0.4, 0.5) is 4.79 Å². The normalized spacial score (nSPS) is 32.1. The zero-order valence-corrected chi connectivity index (χ0v) is 14.7. The van der Waals surface area contributed by atoms with Crippen LogP contribution in [0.25, 0.3) is 0 Å². The van der Waals surface area contributed by atoms with Crippen molar-refractivity contribution >= 4 is 28.8 Å². The third kappa shape index (κ3) is 4.31. The maximum absolute atomic E-state index is 12.3. The number of ether oxygens (including phenoxy) is 1. The Hall–Kier alpha value is -1.64. The number of hydrogen-bond acceptors (Lipinski definition) is 6. The van der Waals surface area contributed by atoms with Crippen LogP contribution >= 0.6 is 11.8 Å². The standard InChI is InChI=1S/C17H22N2O5S/c20-13-8-2-1-7-12(13)15(21)18-19-16(22)14(25-17(19)23)9-3-5-11-6-4-10-24-11/h3,5,9,11-13,20H,1-2,4,6-8,10H2,(H,18,21)/b5-3+,14-9+. The molecule has 0 radical (unpaired) electrons. The molecule has 3 atom stereocenters. The van der Waals surface area contributed by atoms with Gasteiger partial charge in [-0.2, -0.15) is 5.01 Å². The van der Waals surface area contributed by atoms with Crippen LogP contribution in [-0.4, -0.2) is 46.0 Å². The largest absolute Gasteiger partial charge is 0.392 e. The Kier molecular flexibility index (Phi) is 5.93. The van der Waals surface area contributed by atoms with Gasteiger partial charge in [0.1, 0.15) is 0 Å². The summed E-state index contributed by atoms with van der Waals surface area (Å²) in [7, 11) is 0. The number of thioether (sulfide) groups is 1. The average molecular weight is 366 g/mol. The molecular weight excluding hydrogens is 344 g/mol. The first kappa shape index (κ1) is 18.2. The second-order valence-corrected chi connectivity index (χ2v) is 7.40. The van der Waals surface area contributed by atoms with Gasteiger partial charge in [-0.15, -0.1) is 0 Å². The number of amides is 3. The molecule has 136 valence electrons. The third-order valence-electron chi connectivity index (χ3n) is 4.62. The number of nitrogens with zero attached hydrogens (tertiary/aromatic N) is 1. The first-order valence-corrected chi connectivity index (χ1v) is 9.43. The number of aliphatic hydroxyl groups is 1. The van der Waals surface area contributed by atoms with E-state index in [2.05, 4.69) is 5.43 Å². The molecule has 1 aliphatic carbocycles.